The molecule has 0 radical (unpaired) electrons. The van der Waals surface area contributed by atoms with Crippen molar-refractivity contribution in [2.75, 3.05) is 13.1 Å². The molecule has 0 saturated carbocycles. The maximum Gasteiger partial charge on any atom is 0.264 e. The zero-order valence-electron chi connectivity index (χ0n) is 14.4. The molecule has 0 spiro atoms. The molecule has 1 saturated heterocycles. The molecule has 3 rings (SSSR count). The summed E-state index contributed by atoms with van der Waals surface area (Å²) in [6.07, 6.45) is 4.73. The van der Waals surface area contributed by atoms with Crippen LogP contribution in [0.5, 0.6) is 0 Å². The Labute approximate surface area is 152 Å². The van der Waals surface area contributed by atoms with Gasteiger partial charge in [-0.3, -0.25) is 14.6 Å². The van der Waals surface area contributed by atoms with Crippen LogP contribution >= 0.6 is 11.3 Å². The van der Waals surface area contributed by atoms with Crippen LogP contribution in [0.3, 0.4) is 0 Å². The molecule has 1 unspecified atom stereocenters. The lowest BCUT2D eigenvalue weighted by atomic mass is 10.1. The summed E-state index contributed by atoms with van der Waals surface area (Å²) in [6.45, 7) is 3.94. The zero-order chi connectivity index (χ0) is 17.6. The Morgan fingerprint density at radius 3 is 2.92 bits per heavy atom. The smallest absolute Gasteiger partial charge is 0.264 e. The molecule has 5 nitrogen and oxygen atoms in total. The summed E-state index contributed by atoms with van der Waals surface area (Å²) in [5.41, 5.74) is 1.49. The third-order valence-corrected chi connectivity index (χ3v) is 5.44. The average molecular weight is 357 g/mol. The van der Waals surface area contributed by atoms with E-state index in [4.69, 9.17) is 0 Å². The van der Waals surface area contributed by atoms with E-state index in [1.807, 2.05) is 23.1 Å². The van der Waals surface area contributed by atoms with Crippen LogP contribution in [0.4, 0.5) is 0 Å². The van der Waals surface area contributed by atoms with Crippen molar-refractivity contribution < 1.29 is 9.59 Å². The molecule has 2 aromatic rings. The molecular formula is C19H23N3O2S. The van der Waals surface area contributed by atoms with Crippen LogP contribution in [-0.2, 0) is 6.54 Å². The summed E-state index contributed by atoms with van der Waals surface area (Å²) < 4.78 is 0. The number of pyridine rings is 1. The van der Waals surface area contributed by atoms with Gasteiger partial charge in [-0.1, -0.05) is 6.07 Å². The molecule has 6 heteroatoms. The zero-order valence-corrected chi connectivity index (χ0v) is 15.2. The molecule has 1 atom stereocenters. The third-order valence-electron chi connectivity index (χ3n) is 4.52. The highest BCUT2D eigenvalue weighted by Crippen LogP contribution is 2.23. The number of nitrogens with one attached hydrogen (secondary N) is 1. The molecule has 2 aromatic heterocycles. The van der Waals surface area contributed by atoms with Crippen LogP contribution in [0.1, 0.15) is 51.9 Å². The number of carbonyl (C=O) groups excluding carboxylic acids is 2. The van der Waals surface area contributed by atoms with E-state index in [9.17, 15) is 9.59 Å². The lowest BCUT2D eigenvalue weighted by Crippen LogP contribution is -2.40. The first-order valence-corrected chi connectivity index (χ1v) is 9.54. The van der Waals surface area contributed by atoms with Crippen LogP contribution in [0.2, 0.25) is 0 Å². The maximum absolute atomic E-state index is 13.2. The first kappa shape index (κ1) is 17.8. The minimum atomic E-state index is -0.00903. The monoisotopic (exact) mass is 357 g/mol. The number of rotatable bonds is 5. The van der Waals surface area contributed by atoms with Gasteiger partial charge in [0.1, 0.15) is 0 Å². The largest absolute Gasteiger partial charge is 0.329 e. The number of amides is 1. The topological polar surface area (TPSA) is 62.3 Å². The summed E-state index contributed by atoms with van der Waals surface area (Å²) >= 11 is 1.35. The van der Waals surface area contributed by atoms with Crippen molar-refractivity contribution in [3.63, 3.8) is 0 Å². The third kappa shape index (κ3) is 4.52. The van der Waals surface area contributed by atoms with E-state index in [2.05, 4.69) is 10.3 Å². The second kappa shape index (κ2) is 8.36. The number of nitrogens with zero attached hydrogens (tertiary/aromatic N) is 2. The molecule has 1 aliphatic heterocycles. The van der Waals surface area contributed by atoms with Crippen LogP contribution in [0.15, 0.2) is 35.8 Å². The van der Waals surface area contributed by atoms with Crippen LogP contribution < -0.4 is 5.32 Å². The van der Waals surface area contributed by atoms with E-state index < -0.39 is 0 Å². The molecule has 3 heterocycles. The molecule has 0 aliphatic carbocycles. The normalized spacial score (nSPS) is 17.7. The number of hydrogen-bond donors (Lipinski definition) is 1. The van der Waals surface area contributed by atoms with Gasteiger partial charge >= 0.3 is 0 Å². The number of ketones is 1. The second-order valence-electron chi connectivity index (χ2n) is 6.34. The van der Waals surface area contributed by atoms with E-state index in [0.29, 0.717) is 17.0 Å². The molecule has 1 N–H and O–H groups in total. The number of hydrogen-bond acceptors (Lipinski definition) is 5. The standard InChI is InChI=1S/C19H23N3O2S/c1-14(23)15-11-18(25-13-15)19(24)22(12-16-5-2-3-9-21-16)17-6-4-8-20-10-7-17/h2-3,5,9,11,13,17,20H,4,6-8,10,12H2,1H3. The van der Waals surface area contributed by atoms with Crippen molar-refractivity contribution in [2.24, 2.45) is 0 Å². The van der Waals surface area contributed by atoms with Crippen molar-refractivity contribution in [1.29, 1.82) is 0 Å². The first-order chi connectivity index (χ1) is 12.1. The lowest BCUT2D eigenvalue weighted by molar-refractivity contribution is 0.0647. The second-order valence-corrected chi connectivity index (χ2v) is 7.26. The van der Waals surface area contributed by atoms with Crippen molar-refractivity contribution >= 4 is 23.0 Å². The van der Waals surface area contributed by atoms with E-state index in [-0.39, 0.29) is 17.7 Å². The Morgan fingerprint density at radius 2 is 2.20 bits per heavy atom. The number of aromatic nitrogens is 1. The van der Waals surface area contributed by atoms with Gasteiger partial charge in [0.05, 0.1) is 17.1 Å². The molecule has 1 aliphatic rings. The summed E-state index contributed by atoms with van der Waals surface area (Å²) in [6, 6.07) is 7.68. The van der Waals surface area contributed by atoms with Gasteiger partial charge in [0.25, 0.3) is 5.91 Å². The fraction of sp³-hybridized carbons (Fsp3) is 0.421. The molecule has 0 aromatic carbocycles. The maximum atomic E-state index is 13.2. The molecule has 132 valence electrons. The van der Waals surface area contributed by atoms with Gasteiger partial charge in [-0.05, 0) is 57.5 Å². The Morgan fingerprint density at radius 1 is 1.32 bits per heavy atom. The van der Waals surface area contributed by atoms with Crippen molar-refractivity contribution in [2.45, 2.75) is 38.8 Å². The minimum Gasteiger partial charge on any atom is -0.329 e. The SMILES string of the molecule is CC(=O)c1csc(C(=O)N(Cc2ccccn2)C2CCCNCC2)c1. The fourth-order valence-corrected chi connectivity index (χ4v) is 4.02. The van der Waals surface area contributed by atoms with Gasteiger partial charge in [0.2, 0.25) is 0 Å². The van der Waals surface area contributed by atoms with E-state index in [1.54, 1.807) is 17.6 Å². The van der Waals surface area contributed by atoms with E-state index in [0.717, 1.165) is 38.0 Å². The summed E-state index contributed by atoms with van der Waals surface area (Å²) in [5, 5.41) is 5.17. The van der Waals surface area contributed by atoms with Gasteiger partial charge < -0.3 is 10.2 Å². The Hall–Kier alpha value is -2.05. The Bertz CT molecular complexity index is 721. The fourth-order valence-electron chi connectivity index (χ4n) is 3.12. The van der Waals surface area contributed by atoms with Crippen LogP contribution in [0, 0.1) is 0 Å². The van der Waals surface area contributed by atoms with Gasteiger partial charge in [-0.2, -0.15) is 0 Å². The predicted octanol–water partition coefficient (Wildman–Crippen LogP) is 3.13. The number of carbonyl (C=O) groups is 2. The molecule has 1 amide bonds. The summed E-state index contributed by atoms with van der Waals surface area (Å²) in [7, 11) is 0. The Balaban J connectivity index is 1.85. The van der Waals surface area contributed by atoms with Gasteiger partial charge in [0, 0.05) is 23.2 Å². The highest BCUT2D eigenvalue weighted by Gasteiger charge is 2.27. The van der Waals surface area contributed by atoms with Crippen molar-refractivity contribution in [1.82, 2.24) is 15.2 Å². The predicted molar refractivity (Wildman–Crippen MR) is 98.9 cm³/mol. The highest BCUT2D eigenvalue weighted by atomic mass is 32.1. The summed E-state index contributed by atoms with van der Waals surface area (Å²) in [4.78, 5) is 31.7. The first-order valence-electron chi connectivity index (χ1n) is 8.66. The van der Waals surface area contributed by atoms with E-state index >= 15 is 0 Å². The van der Waals surface area contributed by atoms with E-state index in [1.165, 1.54) is 18.3 Å². The molecule has 0 bridgehead atoms. The van der Waals surface area contributed by atoms with Crippen LogP contribution in [-0.4, -0.2) is 40.7 Å². The minimum absolute atomic E-state index is 0.00458. The average Bonchev–Trinajstić information content (AvgIpc) is 2.97. The number of thiophene rings is 1. The van der Waals surface area contributed by atoms with Crippen molar-refractivity contribution in [3.05, 3.63) is 52.0 Å². The van der Waals surface area contributed by atoms with Gasteiger partial charge in [-0.15, -0.1) is 11.3 Å². The number of Topliss-reactive ketones (excluding diaryl/α,β-unsaturated/α-hetero) is 1. The van der Waals surface area contributed by atoms with Crippen molar-refractivity contribution in [3.8, 4) is 0 Å². The molecule has 25 heavy (non-hydrogen) atoms. The van der Waals surface area contributed by atoms with Gasteiger partial charge in [0.15, 0.2) is 5.78 Å². The Kier molecular flexibility index (Phi) is 5.94. The van der Waals surface area contributed by atoms with Crippen LogP contribution in [0.25, 0.3) is 0 Å². The van der Waals surface area contributed by atoms with Gasteiger partial charge in [-0.25, -0.2) is 0 Å². The summed E-state index contributed by atoms with van der Waals surface area (Å²) in [5.74, 6) is -0.0136. The lowest BCUT2D eigenvalue weighted by Gasteiger charge is -2.30. The quantitative estimate of drug-likeness (QED) is 0.835. The molecular weight excluding hydrogens is 334 g/mol. The molecule has 1 fully saturated rings. The highest BCUT2D eigenvalue weighted by molar-refractivity contribution is 7.12.